The molecule has 2 amide bonds. The fourth-order valence-electron chi connectivity index (χ4n) is 2.58. The van der Waals surface area contributed by atoms with Crippen LogP contribution in [0.2, 0.25) is 0 Å². The molecule has 138 valence electrons. The molecule has 0 aliphatic carbocycles. The van der Waals surface area contributed by atoms with E-state index in [0.29, 0.717) is 12.3 Å². The molecule has 0 aromatic heterocycles. The van der Waals surface area contributed by atoms with Gasteiger partial charge in [-0.15, -0.1) is 0 Å². The minimum absolute atomic E-state index is 0.00792. The summed E-state index contributed by atoms with van der Waals surface area (Å²) < 4.78 is 0. The zero-order valence-electron chi connectivity index (χ0n) is 15.8. The first kappa shape index (κ1) is 19.5. The third-order valence-electron chi connectivity index (χ3n) is 3.87. The lowest BCUT2D eigenvalue weighted by molar-refractivity contribution is -0.117. The Morgan fingerprint density at radius 1 is 0.885 bits per heavy atom. The molecule has 2 aromatic rings. The van der Waals surface area contributed by atoms with Gasteiger partial charge in [-0.05, 0) is 55.7 Å². The fraction of sp³-hybridized carbons (Fsp3) is 0.333. The molecule has 0 aliphatic heterocycles. The van der Waals surface area contributed by atoms with E-state index in [1.165, 1.54) is 5.56 Å². The van der Waals surface area contributed by atoms with E-state index >= 15 is 0 Å². The minimum Gasteiger partial charge on any atom is -0.376 e. The molecule has 0 bridgehead atoms. The van der Waals surface area contributed by atoms with Crippen molar-refractivity contribution < 1.29 is 9.59 Å². The van der Waals surface area contributed by atoms with Gasteiger partial charge in [0.15, 0.2) is 0 Å². The van der Waals surface area contributed by atoms with E-state index in [1.807, 2.05) is 70.2 Å². The number of nitrogens with one attached hydrogen (secondary N) is 3. The summed E-state index contributed by atoms with van der Waals surface area (Å²) in [5.41, 5.74) is 4.60. The first-order valence-electron chi connectivity index (χ1n) is 8.84. The van der Waals surface area contributed by atoms with Crippen LogP contribution in [0.4, 0.5) is 17.1 Å². The summed E-state index contributed by atoms with van der Waals surface area (Å²) in [4.78, 5) is 23.9. The molecule has 0 unspecified atom stereocenters. The van der Waals surface area contributed by atoms with Crippen LogP contribution < -0.4 is 16.0 Å². The van der Waals surface area contributed by atoms with Crippen LogP contribution >= 0.6 is 0 Å². The molecule has 3 N–H and O–H groups in total. The standard InChI is InChI=1S/C21H27N3O2/c1-14(2)11-20(25)23-18-8-6-17(7-9-18)22-13-21(26)24-19-10-5-15(3)12-16(19)4/h5-10,12,14,22H,11,13H2,1-4H3,(H,23,25)(H,24,26). The van der Waals surface area contributed by atoms with Gasteiger partial charge in [0, 0.05) is 23.5 Å². The van der Waals surface area contributed by atoms with Gasteiger partial charge < -0.3 is 16.0 Å². The van der Waals surface area contributed by atoms with Crippen LogP contribution in [-0.2, 0) is 9.59 Å². The van der Waals surface area contributed by atoms with Gasteiger partial charge in [-0.1, -0.05) is 31.5 Å². The SMILES string of the molecule is Cc1ccc(NC(=O)CNc2ccc(NC(=O)CC(C)C)cc2)c(C)c1. The second kappa shape index (κ2) is 9.04. The zero-order valence-corrected chi connectivity index (χ0v) is 15.8. The fourth-order valence-corrected chi connectivity index (χ4v) is 2.58. The normalized spacial score (nSPS) is 10.5. The maximum absolute atomic E-state index is 12.1. The lowest BCUT2D eigenvalue weighted by Gasteiger charge is -2.11. The van der Waals surface area contributed by atoms with E-state index in [9.17, 15) is 9.59 Å². The number of hydrogen-bond donors (Lipinski definition) is 3. The summed E-state index contributed by atoms with van der Waals surface area (Å²) in [5, 5.41) is 8.85. The number of amides is 2. The summed E-state index contributed by atoms with van der Waals surface area (Å²) in [5.74, 6) is 0.228. The Hall–Kier alpha value is -2.82. The Kier molecular flexibility index (Phi) is 6.78. The van der Waals surface area contributed by atoms with Crippen LogP contribution in [0.5, 0.6) is 0 Å². The van der Waals surface area contributed by atoms with E-state index < -0.39 is 0 Å². The highest BCUT2D eigenvalue weighted by atomic mass is 16.2. The maximum atomic E-state index is 12.1. The highest BCUT2D eigenvalue weighted by molar-refractivity contribution is 5.94. The molecular weight excluding hydrogens is 326 g/mol. The van der Waals surface area contributed by atoms with Crippen molar-refractivity contribution in [2.75, 3.05) is 22.5 Å². The van der Waals surface area contributed by atoms with Crippen molar-refractivity contribution in [1.82, 2.24) is 0 Å². The van der Waals surface area contributed by atoms with Crippen LogP contribution in [0.1, 0.15) is 31.4 Å². The van der Waals surface area contributed by atoms with Crippen molar-refractivity contribution in [1.29, 1.82) is 0 Å². The van der Waals surface area contributed by atoms with E-state index in [2.05, 4.69) is 16.0 Å². The predicted octanol–water partition coefficient (Wildman–Crippen LogP) is 4.34. The quantitative estimate of drug-likeness (QED) is 0.693. The van der Waals surface area contributed by atoms with Crippen molar-refractivity contribution >= 4 is 28.9 Å². The van der Waals surface area contributed by atoms with E-state index in [0.717, 1.165) is 22.6 Å². The molecule has 2 aromatic carbocycles. The molecule has 0 saturated heterocycles. The highest BCUT2D eigenvalue weighted by Crippen LogP contribution is 2.17. The lowest BCUT2D eigenvalue weighted by atomic mass is 10.1. The number of hydrogen-bond acceptors (Lipinski definition) is 3. The van der Waals surface area contributed by atoms with Gasteiger partial charge in [0.2, 0.25) is 11.8 Å². The van der Waals surface area contributed by atoms with Gasteiger partial charge >= 0.3 is 0 Å². The number of aryl methyl sites for hydroxylation is 2. The number of carbonyl (C=O) groups is 2. The molecule has 0 atom stereocenters. The molecule has 26 heavy (non-hydrogen) atoms. The number of carbonyl (C=O) groups excluding carboxylic acids is 2. The number of benzene rings is 2. The van der Waals surface area contributed by atoms with Crippen LogP contribution in [0.15, 0.2) is 42.5 Å². The third kappa shape index (κ3) is 6.24. The van der Waals surface area contributed by atoms with E-state index in [-0.39, 0.29) is 18.4 Å². The highest BCUT2D eigenvalue weighted by Gasteiger charge is 2.07. The second-order valence-corrected chi connectivity index (χ2v) is 6.94. The average molecular weight is 353 g/mol. The first-order chi connectivity index (χ1) is 12.3. The Morgan fingerprint density at radius 2 is 1.54 bits per heavy atom. The second-order valence-electron chi connectivity index (χ2n) is 6.94. The Morgan fingerprint density at radius 3 is 2.15 bits per heavy atom. The average Bonchev–Trinajstić information content (AvgIpc) is 2.56. The zero-order chi connectivity index (χ0) is 19.1. The molecule has 0 fully saturated rings. The predicted molar refractivity (Wildman–Crippen MR) is 108 cm³/mol. The van der Waals surface area contributed by atoms with Gasteiger partial charge in [-0.3, -0.25) is 9.59 Å². The Bertz CT molecular complexity index is 767. The van der Waals surface area contributed by atoms with Crippen molar-refractivity contribution in [3.05, 3.63) is 53.6 Å². The Labute approximate surface area is 155 Å². The smallest absolute Gasteiger partial charge is 0.243 e. The summed E-state index contributed by atoms with van der Waals surface area (Å²) >= 11 is 0. The molecule has 0 saturated carbocycles. The summed E-state index contributed by atoms with van der Waals surface area (Å²) in [6, 6.07) is 13.3. The van der Waals surface area contributed by atoms with Gasteiger partial charge in [-0.25, -0.2) is 0 Å². The third-order valence-corrected chi connectivity index (χ3v) is 3.87. The van der Waals surface area contributed by atoms with Gasteiger partial charge in [0.25, 0.3) is 0 Å². The molecule has 2 rings (SSSR count). The topological polar surface area (TPSA) is 70.2 Å². The van der Waals surface area contributed by atoms with Gasteiger partial charge in [0.05, 0.1) is 6.54 Å². The molecule has 0 aliphatic rings. The van der Waals surface area contributed by atoms with E-state index in [1.54, 1.807) is 0 Å². The molecule has 5 nitrogen and oxygen atoms in total. The van der Waals surface area contributed by atoms with Crippen molar-refractivity contribution in [2.45, 2.75) is 34.1 Å². The lowest BCUT2D eigenvalue weighted by Crippen LogP contribution is -2.22. The number of rotatable bonds is 7. The molecule has 0 spiro atoms. The monoisotopic (exact) mass is 353 g/mol. The van der Waals surface area contributed by atoms with E-state index in [4.69, 9.17) is 0 Å². The maximum Gasteiger partial charge on any atom is 0.243 e. The first-order valence-corrected chi connectivity index (χ1v) is 8.84. The van der Waals surface area contributed by atoms with Crippen LogP contribution in [-0.4, -0.2) is 18.4 Å². The largest absolute Gasteiger partial charge is 0.376 e. The summed E-state index contributed by atoms with van der Waals surface area (Å²) in [6.07, 6.45) is 0.499. The molecule has 5 heteroatoms. The molecule has 0 radical (unpaired) electrons. The van der Waals surface area contributed by atoms with Crippen LogP contribution in [0.3, 0.4) is 0 Å². The van der Waals surface area contributed by atoms with Crippen molar-refractivity contribution in [3.8, 4) is 0 Å². The van der Waals surface area contributed by atoms with Gasteiger partial charge in [-0.2, -0.15) is 0 Å². The van der Waals surface area contributed by atoms with Gasteiger partial charge in [0.1, 0.15) is 0 Å². The molecule has 0 heterocycles. The minimum atomic E-state index is -0.105. The Balaban J connectivity index is 1.83. The van der Waals surface area contributed by atoms with Crippen LogP contribution in [0, 0.1) is 19.8 Å². The molecular formula is C21H27N3O2. The number of anilines is 3. The van der Waals surface area contributed by atoms with Crippen molar-refractivity contribution in [2.24, 2.45) is 5.92 Å². The summed E-state index contributed by atoms with van der Waals surface area (Å²) in [6.45, 7) is 8.19. The van der Waals surface area contributed by atoms with Crippen molar-refractivity contribution in [3.63, 3.8) is 0 Å². The summed E-state index contributed by atoms with van der Waals surface area (Å²) in [7, 11) is 0. The van der Waals surface area contributed by atoms with Crippen LogP contribution in [0.25, 0.3) is 0 Å².